The third-order valence-corrected chi connectivity index (χ3v) is 6.53. The predicted molar refractivity (Wildman–Crippen MR) is 119 cm³/mol. The van der Waals surface area contributed by atoms with Crippen LogP contribution in [0.1, 0.15) is 51.0 Å². The monoisotopic (exact) mass is 385 g/mol. The molecular weight excluding hydrogens is 346 g/mol. The minimum atomic E-state index is 0.433. The fraction of sp³-hybridized carbons (Fsp3) is 0.696. The highest BCUT2D eigenvalue weighted by molar-refractivity contribution is 5.80. The molecule has 2 fully saturated rings. The molecule has 0 radical (unpaired) electrons. The lowest BCUT2D eigenvalue weighted by atomic mass is 10.0. The summed E-state index contributed by atoms with van der Waals surface area (Å²) in [7, 11) is 4.07. The highest BCUT2D eigenvalue weighted by Crippen LogP contribution is 2.26. The molecule has 1 aliphatic carbocycles. The number of likely N-dealkylation sites (N-methyl/N-ethyl adjacent to an activating group) is 1. The van der Waals surface area contributed by atoms with Gasteiger partial charge in [0, 0.05) is 51.4 Å². The summed E-state index contributed by atoms with van der Waals surface area (Å²) in [5.74, 6) is 0.944. The summed E-state index contributed by atoms with van der Waals surface area (Å²) in [6, 6.07) is 12.5. The van der Waals surface area contributed by atoms with Crippen molar-refractivity contribution < 1.29 is 0 Å². The molecule has 0 spiro atoms. The van der Waals surface area contributed by atoms with Gasteiger partial charge in [0.25, 0.3) is 0 Å². The number of nitrogens with one attached hydrogen (secondary N) is 2. The molecule has 3 rings (SSSR count). The Kier molecular flexibility index (Phi) is 8.16. The van der Waals surface area contributed by atoms with Gasteiger partial charge in [-0.1, -0.05) is 43.2 Å². The summed E-state index contributed by atoms with van der Waals surface area (Å²) >= 11 is 0. The van der Waals surface area contributed by atoms with Crippen LogP contribution in [0.3, 0.4) is 0 Å². The van der Waals surface area contributed by atoms with Crippen LogP contribution in [0.5, 0.6) is 0 Å². The van der Waals surface area contributed by atoms with Crippen LogP contribution in [0.4, 0.5) is 0 Å². The van der Waals surface area contributed by atoms with E-state index in [-0.39, 0.29) is 0 Å². The molecule has 0 bridgehead atoms. The van der Waals surface area contributed by atoms with E-state index in [4.69, 9.17) is 0 Å². The third-order valence-electron chi connectivity index (χ3n) is 6.53. The molecule has 2 N–H and O–H groups in total. The van der Waals surface area contributed by atoms with E-state index in [1.165, 1.54) is 57.2 Å². The van der Waals surface area contributed by atoms with Crippen LogP contribution >= 0.6 is 0 Å². The first-order valence-electron chi connectivity index (χ1n) is 11.1. The number of aliphatic imine (C=N–C) groups is 1. The Morgan fingerprint density at radius 1 is 1.14 bits per heavy atom. The number of likely N-dealkylation sites (tertiary alicyclic amines) is 1. The largest absolute Gasteiger partial charge is 0.355 e. The zero-order valence-electron chi connectivity index (χ0n) is 18.0. The fourth-order valence-electron chi connectivity index (χ4n) is 4.49. The number of nitrogens with zero attached hydrogens (tertiary/aromatic N) is 3. The Labute approximate surface area is 171 Å². The van der Waals surface area contributed by atoms with E-state index in [2.05, 4.69) is 69.7 Å². The van der Waals surface area contributed by atoms with Crippen molar-refractivity contribution in [2.75, 3.05) is 33.7 Å². The maximum atomic E-state index is 4.46. The van der Waals surface area contributed by atoms with Gasteiger partial charge in [0.15, 0.2) is 5.96 Å². The van der Waals surface area contributed by atoms with Crippen molar-refractivity contribution in [3.8, 4) is 0 Å². The quantitative estimate of drug-likeness (QED) is 0.559. The first-order valence-corrected chi connectivity index (χ1v) is 11.1. The molecule has 156 valence electrons. The van der Waals surface area contributed by atoms with Crippen molar-refractivity contribution in [2.24, 2.45) is 4.99 Å². The van der Waals surface area contributed by atoms with Gasteiger partial charge in [0.1, 0.15) is 0 Å². The molecule has 1 aromatic carbocycles. The van der Waals surface area contributed by atoms with Crippen LogP contribution in [0.15, 0.2) is 35.3 Å². The smallest absolute Gasteiger partial charge is 0.191 e. The predicted octanol–water partition coefficient (Wildman–Crippen LogP) is 3.08. The zero-order chi connectivity index (χ0) is 19.8. The van der Waals surface area contributed by atoms with Gasteiger partial charge in [-0.3, -0.25) is 9.89 Å². The van der Waals surface area contributed by atoms with Crippen LogP contribution < -0.4 is 10.6 Å². The van der Waals surface area contributed by atoms with Gasteiger partial charge in [0.2, 0.25) is 0 Å². The second kappa shape index (κ2) is 10.8. The van der Waals surface area contributed by atoms with Crippen LogP contribution in [-0.4, -0.2) is 67.6 Å². The number of hydrogen-bond acceptors (Lipinski definition) is 3. The Hall–Kier alpha value is -1.59. The summed E-state index contributed by atoms with van der Waals surface area (Å²) in [6.45, 7) is 6.59. The molecule has 1 saturated carbocycles. The Balaban J connectivity index is 1.37. The molecule has 1 aromatic rings. The number of benzene rings is 1. The Morgan fingerprint density at radius 3 is 2.46 bits per heavy atom. The van der Waals surface area contributed by atoms with Crippen molar-refractivity contribution in [2.45, 2.75) is 70.1 Å². The van der Waals surface area contributed by atoms with Gasteiger partial charge in [-0.05, 0) is 45.2 Å². The average Bonchev–Trinajstić information content (AvgIpc) is 3.27. The molecule has 0 aromatic heterocycles. The first kappa shape index (κ1) is 21.1. The molecular formula is C23H39N5. The van der Waals surface area contributed by atoms with Gasteiger partial charge < -0.3 is 15.5 Å². The van der Waals surface area contributed by atoms with E-state index in [1.54, 1.807) is 0 Å². The molecule has 1 unspecified atom stereocenters. The van der Waals surface area contributed by atoms with Gasteiger partial charge >= 0.3 is 0 Å². The summed E-state index contributed by atoms with van der Waals surface area (Å²) in [5, 5.41) is 7.19. The number of guanidine groups is 1. The maximum Gasteiger partial charge on any atom is 0.191 e. The summed E-state index contributed by atoms with van der Waals surface area (Å²) in [6.07, 6.45) is 8.12. The standard InChI is InChI=1S/C23H39N5/c1-19(27(3)18-20-9-5-4-6-10-20)17-25-23(24-2)26-21-13-15-28(16-14-21)22-11-7-8-12-22/h4-6,9-10,19,21-22H,7-8,11-18H2,1-3H3,(H2,24,25,26). The van der Waals surface area contributed by atoms with E-state index in [0.717, 1.165) is 25.1 Å². The molecule has 5 nitrogen and oxygen atoms in total. The second-order valence-corrected chi connectivity index (χ2v) is 8.60. The van der Waals surface area contributed by atoms with Crippen LogP contribution in [0.25, 0.3) is 0 Å². The highest BCUT2D eigenvalue weighted by Gasteiger charge is 2.27. The number of rotatable bonds is 7. The molecule has 1 heterocycles. The normalized spacial score (nSPS) is 21.2. The number of piperidine rings is 1. The van der Waals surface area contributed by atoms with Crippen molar-refractivity contribution in [3.05, 3.63) is 35.9 Å². The topological polar surface area (TPSA) is 42.9 Å². The molecule has 1 atom stereocenters. The molecule has 28 heavy (non-hydrogen) atoms. The van der Waals surface area contributed by atoms with Crippen molar-refractivity contribution in [1.82, 2.24) is 20.4 Å². The third kappa shape index (κ3) is 6.21. The lowest BCUT2D eigenvalue weighted by molar-refractivity contribution is 0.150. The Bertz CT molecular complexity index is 588. The van der Waals surface area contributed by atoms with E-state index < -0.39 is 0 Å². The molecule has 1 saturated heterocycles. The summed E-state index contributed by atoms with van der Waals surface area (Å²) < 4.78 is 0. The van der Waals surface area contributed by atoms with E-state index in [9.17, 15) is 0 Å². The molecule has 5 heteroatoms. The second-order valence-electron chi connectivity index (χ2n) is 8.60. The van der Waals surface area contributed by atoms with E-state index in [0.29, 0.717) is 12.1 Å². The van der Waals surface area contributed by atoms with Crippen LogP contribution in [-0.2, 0) is 6.54 Å². The van der Waals surface area contributed by atoms with E-state index >= 15 is 0 Å². The highest BCUT2D eigenvalue weighted by atomic mass is 15.2. The van der Waals surface area contributed by atoms with Crippen LogP contribution in [0.2, 0.25) is 0 Å². The molecule has 2 aliphatic rings. The summed E-state index contributed by atoms with van der Waals surface area (Å²) in [5.41, 5.74) is 1.35. The molecule has 1 aliphatic heterocycles. The lowest BCUT2D eigenvalue weighted by Crippen LogP contribution is -2.51. The minimum Gasteiger partial charge on any atom is -0.355 e. The first-order chi connectivity index (χ1) is 13.7. The Morgan fingerprint density at radius 2 is 1.82 bits per heavy atom. The number of hydrogen-bond donors (Lipinski definition) is 2. The maximum absolute atomic E-state index is 4.46. The van der Waals surface area contributed by atoms with Gasteiger partial charge in [0.05, 0.1) is 0 Å². The van der Waals surface area contributed by atoms with E-state index in [1.807, 2.05) is 7.05 Å². The van der Waals surface area contributed by atoms with Crippen molar-refractivity contribution >= 4 is 5.96 Å². The minimum absolute atomic E-state index is 0.433. The van der Waals surface area contributed by atoms with Crippen LogP contribution in [0, 0.1) is 0 Å². The van der Waals surface area contributed by atoms with Gasteiger partial charge in [-0.25, -0.2) is 0 Å². The van der Waals surface area contributed by atoms with Gasteiger partial charge in [-0.2, -0.15) is 0 Å². The van der Waals surface area contributed by atoms with Crippen molar-refractivity contribution in [1.29, 1.82) is 0 Å². The zero-order valence-corrected chi connectivity index (χ0v) is 18.0. The van der Waals surface area contributed by atoms with Crippen molar-refractivity contribution in [3.63, 3.8) is 0 Å². The average molecular weight is 386 g/mol. The fourth-order valence-corrected chi connectivity index (χ4v) is 4.49. The lowest BCUT2D eigenvalue weighted by Gasteiger charge is -2.36. The van der Waals surface area contributed by atoms with Gasteiger partial charge in [-0.15, -0.1) is 0 Å². The summed E-state index contributed by atoms with van der Waals surface area (Å²) in [4.78, 5) is 9.57. The SMILES string of the molecule is CN=C(NCC(C)N(C)Cc1ccccc1)NC1CCN(C2CCCC2)CC1. The molecule has 0 amide bonds.